The third-order valence-corrected chi connectivity index (χ3v) is 6.72. The summed E-state index contributed by atoms with van der Waals surface area (Å²) in [5, 5.41) is 4.16. The number of benzene rings is 3. The summed E-state index contributed by atoms with van der Waals surface area (Å²) in [7, 11) is 0. The highest BCUT2D eigenvalue weighted by atomic mass is 79.9. The molecular weight excluding hydrogens is 563 g/mol. The topological polar surface area (TPSA) is 58.6 Å². The Kier molecular flexibility index (Phi) is 11.1. The Balaban J connectivity index is 1.88. The number of unbranched alkanes of at least 4 members (excludes halogenated alkanes) is 1. The van der Waals surface area contributed by atoms with Crippen LogP contribution in [0, 0.1) is 0 Å². The molecule has 5 nitrogen and oxygen atoms in total. The lowest BCUT2D eigenvalue weighted by atomic mass is 10.0. The largest absolute Gasteiger partial charge is 0.483 e. The second-order valence-corrected chi connectivity index (χ2v) is 10.1. The van der Waals surface area contributed by atoms with Crippen molar-refractivity contribution in [3.05, 3.63) is 98.4 Å². The van der Waals surface area contributed by atoms with E-state index < -0.39 is 6.04 Å². The highest BCUT2D eigenvalue weighted by molar-refractivity contribution is 9.10. The summed E-state index contributed by atoms with van der Waals surface area (Å²) in [5.41, 5.74) is 1.82. The first kappa shape index (κ1) is 28.0. The van der Waals surface area contributed by atoms with E-state index in [0.717, 1.165) is 24.0 Å². The molecular formula is C28H29BrCl2N2O3. The molecule has 190 valence electrons. The van der Waals surface area contributed by atoms with Crippen LogP contribution in [0.4, 0.5) is 0 Å². The van der Waals surface area contributed by atoms with Gasteiger partial charge in [-0.1, -0.05) is 79.0 Å². The van der Waals surface area contributed by atoms with Crippen LogP contribution in [0.25, 0.3) is 0 Å². The molecule has 0 aliphatic rings. The monoisotopic (exact) mass is 590 g/mol. The number of carbonyl (C=O) groups excluding carboxylic acids is 2. The van der Waals surface area contributed by atoms with Crippen LogP contribution < -0.4 is 10.1 Å². The zero-order valence-corrected chi connectivity index (χ0v) is 23.2. The van der Waals surface area contributed by atoms with Crippen molar-refractivity contribution in [1.82, 2.24) is 10.2 Å². The van der Waals surface area contributed by atoms with Crippen LogP contribution in [-0.4, -0.2) is 35.9 Å². The Morgan fingerprint density at radius 1 is 0.972 bits per heavy atom. The molecule has 3 aromatic carbocycles. The molecule has 0 unspecified atom stereocenters. The van der Waals surface area contributed by atoms with Gasteiger partial charge in [-0.05, 0) is 63.8 Å². The molecule has 3 aromatic rings. The van der Waals surface area contributed by atoms with Gasteiger partial charge < -0.3 is 15.0 Å². The van der Waals surface area contributed by atoms with Gasteiger partial charge in [-0.15, -0.1) is 0 Å². The first-order valence-electron chi connectivity index (χ1n) is 11.8. The van der Waals surface area contributed by atoms with Gasteiger partial charge in [0.05, 0.1) is 4.47 Å². The normalized spacial score (nSPS) is 11.6. The Labute approximate surface area is 230 Å². The summed E-state index contributed by atoms with van der Waals surface area (Å²) in [6.07, 6.45) is 2.20. The minimum atomic E-state index is -0.718. The van der Waals surface area contributed by atoms with Gasteiger partial charge in [0, 0.05) is 29.6 Å². The molecule has 8 heteroatoms. The van der Waals surface area contributed by atoms with E-state index in [1.54, 1.807) is 35.2 Å². The maximum absolute atomic E-state index is 13.6. The third-order valence-electron chi connectivity index (χ3n) is 5.61. The fourth-order valence-corrected chi connectivity index (χ4v) is 4.58. The maximum atomic E-state index is 13.6. The fraction of sp³-hybridized carbons (Fsp3) is 0.286. The second kappa shape index (κ2) is 14.3. The van der Waals surface area contributed by atoms with Gasteiger partial charge in [0.15, 0.2) is 6.61 Å². The molecule has 0 aliphatic carbocycles. The molecule has 1 atom stereocenters. The molecule has 0 spiro atoms. The van der Waals surface area contributed by atoms with Gasteiger partial charge in [-0.3, -0.25) is 9.59 Å². The molecule has 0 bridgehead atoms. The van der Waals surface area contributed by atoms with Crippen LogP contribution in [0.3, 0.4) is 0 Å². The Hall–Kier alpha value is -2.54. The van der Waals surface area contributed by atoms with Gasteiger partial charge in [0.2, 0.25) is 5.91 Å². The highest BCUT2D eigenvalue weighted by Gasteiger charge is 2.30. The van der Waals surface area contributed by atoms with E-state index in [9.17, 15) is 9.59 Å². The van der Waals surface area contributed by atoms with E-state index in [0.29, 0.717) is 33.2 Å². The Morgan fingerprint density at radius 2 is 1.67 bits per heavy atom. The van der Waals surface area contributed by atoms with Gasteiger partial charge >= 0.3 is 0 Å². The molecule has 1 N–H and O–H groups in total. The molecule has 0 aromatic heterocycles. The Bertz CT molecular complexity index is 1140. The van der Waals surface area contributed by atoms with Crippen LogP contribution >= 0.6 is 39.1 Å². The molecule has 2 amide bonds. The van der Waals surface area contributed by atoms with Crippen LogP contribution in [0.5, 0.6) is 5.75 Å². The second-order valence-electron chi connectivity index (χ2n) is 8.36. The zero-order valence-electron chi connectivity index (χ0n) is 20.1. The maximum Gasteiger partial charge on any atom is 0.261 e. The number of hydrogen-bond donors (Lipinski definition) is 1. The lowest BCUT2D eigenvalue weighted by Gasteiger charge is -2.31. The smallest absolute Gasteiger partial charge is 0.261 e. The fourth-order valence-electron chi connectivity index (χ4n) is 3.66. The third kappa shape index (κ3) is 8.54. The SMILES string of the molecule is CCCCNC(=O)[C@@H](Cc1ccccc1)N(Cc1ccc(Cl)cc1)C(=O)COc1ccc(Cl)cc1Br. The van der Waals surface area contributed by atoms with Crippen molar-refractivity contribution in [2.24, 2.45) is 0 Å². The number of carbonyl (C=O) groups is 2. The summed E-state index contributed by atoms with van der Waals surface area (Å²) in [4.78, 5) is 28.6. The average Bonchev–Trinajstić information content (AvgIpc) is 2.87. The molecule has 36 heavy (non-hydrogen) atoms. The molecule has 0 saturated heterocycles. The van der Waals surface area contributed by atoms with Crippen molar-refractivity contribution in [2.75, 3.05) is 13.2 Å². The van der Waals surface area contributed by atoms with E-state index >= 15 is 0 Å². The van der Waals surface area contributed by atoms with E-state index in [2.05, 4.69) is 28.2 Å². The molecule has 0 heterocycles. The number of hydrogen-bond acceptors (Lipinski definition) is 3. The number of amides is 2. The quantitative estimate of drug-likeness (QED) is 0.239. The number of ether oxygens (including phenoxy) is 1. The van der Waals surface area contributed by atoms with E-state index in [1.807, 2.05) is 42.5 Å². The van der Waals surface area contributed by atoms with Gasteiger partial charge in [0.1, 0.15) is 11.8 Å². The summed E-state index contributed by atoms with van der Waals surface area (Å²) in [6.45, 7) is 2.62. The lowest BCUT2D eigenvalue weighted by Crippen LogP contribution is -2.51. The lowest BCUT2D eigenvalue weighted by molar-refractivity contribution is -0.142. The summed E-state index contributed by atoms with van der Waals surface area (Å²) < 4.78 is 6.46. The van der Waals surface area contributed by atoms with E-state index in [1.165, 1.54) is 0 Å². The van der Waals surface area contributed by atoms with Crippen LogP contribution in [0.2, 0.25) is 10.0 Å². The van der Waals surface area contributed by atoms with Crippen molar-refractivity contribution in [2.45, 2.75) is 38.8 Å². The molecule has 0 fully saturated rings. The van der Waals surface area contributed by atoms with E-state index in [4.69, 9.17) is 27.9 Å². The van der Waals surface area contributed by atoms with Crippen molar-refractivity contribution < 1.29 is 14.3 Å². The number of rotatable bonds is 12. The summed E-state index contributed by atoms with van der Waals surface area (Å²) in [5.74, 6) is -0.00753. The van der Waals surface area contributed by atoms with Crippen LogP contribution in [-0.2, 0) is 22.6 Å². The molecule has 0 radical (unpaired) electrons. The minimum Gasteiger partial charge on any atom is -0.483 e. The van der Waals surface area contributed by atoms with Crippen LogP contribution in [0.15, 0.2) is 77.3 Å². The zero-order chi connectivity index (χ0) is 25.9. The van der Waals surface area contributed by atoms with Gasteiger partial charge in [-0.25, -0.2) is 0 Å². The number of halogens is 3. The average molecular weight is 592 g/mol. The standard InChI is InChI=1S/C28H29BrCl2N2O3/c1-2-3-15-32-28(35)25(16-20-7-5-4-6-8-20)33(18-21-9-11-22(30)12-10-21)27(34)19-36-26-14-13-23(31)17-24(26)29/h4-14,17,25H,2-3,15-16,18-19H2,1H3,(H,32,35)/t25-/m1/s1. The summed E-state index contributed by atoms with van der Waals surface area (Å²) in [6, 6.07) is 21.3. The first-order chi connectivity index (χ1) is 17.4. The van der Waals surface area contributed by atoms with Gasteiger partial charge in [-0.2, -0.15) is 0 Å². The molecule has 0 aliphatic heterocycles. The molecule has 0 saturated carbocycles. The van der Waals surface area contributed by atoms with Crippen molar-refractivity contribution >= 4 is 50.9 Å². The Morgan fingerprint density at radius 3 is 2.33 bits per heavy atom. The minimum absolute atomic E-state index is 0.192. The summed E-state index contributed by atoms with van der Waals surface area (Å²) >= 11 is 15.5. The van der Waals surface area contributed by atoms with Gasteiger partial charge in [0.25, 0.3) is 5.91 Å². The van der Waals surface area contributed by atoms with Crippen LogP contribution in [0.1, 0.15) is 30.9 Å². The number of nitrogens with zero attached hydrogens (tertiary/aromatic N) is 1. The highest BCUT2D eigenvalue weighted by Crippen LogP contribution is 2.28. The molecule has 3 rings (SSSR count). The van der Waals surface area contributed by atoms with Crippen molar-refractivity contribution in [1.29, 1.82) is 0 Å². The van der Waals surface area contributed by atoms with Crippen molar-refractivity contribution in [3.8, 4) is 5.75 Å². The number of nitrogens with one attached hydrogen (secondary N) is 1. The van der Waals surface area contributed by atoms with Crippen molar-refractivity contribution in [3.63, 3.8) is 0 Å². The first-order valence-corrected chi connectivity index (χ1v) is 13.4. The van der Waals surface area contributed by atoms with E-state index in [-0.39, 0.29) is 25.0 Å². The predicted octanol–water partition coefficient (Wildman–Crippen LogP) is 6.69. The predicted molar refractivity (Wildman–Crippen MR) is 149 cm³/mol.